The molecular weight excluding hydrogens is 263 g/mol. The fraction of sp³-hybridized carbons (Fsp3) is 0.412. The fourth-order valence-electron chi connectivity index (χ4n) is 2.21. The minimum absolute atomic E-state index is 0.755. The Hall–Kier alpha value is -1.36. The van der Waals surface area contributed by atoms with E-state index in [1.54, 1.807) is 27.7 Å². The van der Waals surface area contributed by atoms with Gasteiger partial charge in [-0.3, -0.25) is 0 Å². The highest BCUT2D eigenvalue weighted by molar-refractivity contribution is 6.63. The highest BCUT2D eigenvalue weighted by Crippen LogP contribution is 2.26. The van der Waals surface area contributed by atoms with Crippen molar-refractivity contribution in [1.82, 2.24) is 0 Å². The Balaban J connectivity index is 2.45. The molecule has 0 aliphatic carbocycles. The van der Waals surface area contributed by atoms with Crippen LogP contribution in [0.2, 0.25) is 0 Å². The van der Waals surface area contributed by atoms with Gasteiger partial charge in [-0.05, 0) is 50.9 Å². The van der Waals surface area contributed by atoms with Gasteiger partial charge in [-0.2, -0.15) is 0 Å². The van der Waals surface area contributed by atoms with Gasteiger partial charge in [0.2, 0.25) is 0 Å². The fourth-order valence-corrected chi connectivity index (χ4v) is 2.21. The number of fused-ring (bicyclic) bond motifs is 1. The first-order chi connectivity index (χ1) is 9.63. The Morgan fingerprint density at radius 2 is 1.62 bits per heavy atom. The van der Waals surface area contributed by atoms with E-state index in [9.17, 15) is 10.1 Å². The van der Waals surface area contributed by atoms with Crippen molar-refractivity contribution in [2.24, 2.45) is 0 Å². The molecule has 2 rings (SSSR count). The van der Waals surface area contributed by atoms with Gasteiger partial charge in [0.15, 0.2) is 0 Å². The first kappa shape index (κ1) is 16.0. The van der Waals surface area contributed by atoms with Gasteiger partial charge >= 0.3 is 7.12 Å². The third-order valence-electron chi connectivity index (χ3n) is 4.32. The summed E-state index contributed by atoms with van der Waals surface area (Å²) in [6.45, 7) is 8.85. The van der Waals surface area contributed by atoms with Gasteiger partial charge in [0.25, 0.3) is 0 Å². The molecule has 4 heteroatoms. The average Bonchev–Trinajstić information content (AvgIpc) is 2.36. The van der Waals surface area contributed by atoms with Gasteiger partial charge in [-0.25, -0.2) is 0 Å². The lowest BCUT2D eigenvalue weighted by atomic mass is 9.72. The van der Waals surface area contributed by atoms with Crippen molar-refractivity contribution in [2.75, 3.05) is 0 Å². The van der Waals surface area contributed by atoms with E-state index in [1.165, 1.54) is 0 Å². The molecule has 2 N–H and O–H groups in total. The van der Waals surface area contributed by atoms with Gasteiger partial charge in [-0.15, -0.1) is 0 Å². The van der Waals surface area contributed by atoms with E-state index < -0.39 is 18.3 Å². The van der Waals surface area contributed by atoms with E-state index in [-0.39, 0.29) is 0 Å². The molecule has 0 saturated carbocycles. The van der Waals surface area contributed by atoms with Crippen molar-refractivity contribution in [3.63, 3.8) is 0 Å². The minimum atomic E-state index is -1.09. The summed E-state index contributed by atoms with van der Waals surface area (Å²) in [4.78, 5) is 0. The van der Waals surface area contributed by atoms with Gasteiger partial charge < -0.3 is 14.8 Å². The molecule has 3 nitrogen and oxygen atoms in total. The minimum Gasteiger partial charge on any atom is -0.423 e. The number of benzene rings is 2. The summed E-state index contributed by atoms with van der Waals surface area (Å²) < 4.78 is 5.78. The molecule has 0 heterocycles. The lowest BCUT2D eigenvalue weighted by Crippen LogP contribution is -2.53. The number of aliphatic hydroxyl groups is 1. The van der Waals surface area contributed by atoms with Crippen molar-refractivity contribution in [3.05, 3.63) is 42.0 Å². The predicted molar refractivity (Wildman–Crippen MR) is 87.8 cm³/mol. The normalized spacial score (nSPS) is 12.7. The number of aryl methyl sites for hydroxylation is 1. The van der Waals surface area contributed by atoms with Crippen molar-refractivity contribution in [2.45, 2.75) is 45.8 Å². The van der Waals surface area contributed by atoms with Crippen LogP contribution in [0.15, 0.2) is 36.4 Å². The van der Waals surface area contributed by atoms with E-state index in [0.717, 1.165) is 21.8 Å². The summed E-state index contributed by atoms with van der Waals surface area (Å²) in [6.07, 6.45) is 0. The van der Waals surface area contributed by atoms with E-state index in [0.29, 0.717) is 0 Å². The zero-order chi connectivity index (χ0) is 15.8. The van der Waals surface area contributed by atoms with E-state index in [2.05, 4.69) is 0 Å². The second-order valence-corrected chi connectivity index (χ2v) is 6.56. The lowest BCUT2D eigenvalue weighted by molar-refractivity contribution is -0.0982. The maximum Gasteiger partial charge on any atom is 0.492 e. The molecular formula is C17H23BO3. The lowest BCUT2D eigenvalue weighted by Gasteiger charge is -2.38. The Morgan fingerprint density at radius 3 is 2.24 bits per heavy atom. The van der Waals surface area contributed by atoms with Gasteiger partial charge in [0.1, 0.15) is 0 Å². The topological polar surface area (TPSA) is 49.7 Å². The Labute approximate surface area is 126 Å². The summed E-state index contributed by atoms with van der Waals surface area (Å²) in [7, 11) is -1.09. The highest BCUT2D eigenvalue weighted by Gasteiger charge is 2.40. The molecule has 0 aromatic heterocycles. The second-order valence-electron chi connectivity index (χ2n) is 6.56. The first-order valence-electron chi connectivity index (χ1n) is 7.20. The molecule has 2 aromatic rings. The zero-order valence-corrected chi connectivity index (χ0v) is 13.3. The van der Waals surface area contributed by atoms with Crippen LogP contribution in [0, 0.1) is 6.92 Å². The Morgan fingerprint density at radius 1 is 1.00 bits per heavy atom. The monoisotopic (exact) mass is 286 g/mol. The van der Waals surface area contributed by atoms with Crippen LogP contribution in [0.4, 0.5) is 0 Å². The summed E-state index contributed by atoms with van der Waals surface area (Å²) in [6, 6.07) is 11.9. The summed E-state index contributed by atoms with van der Waals surface area (Å²) in [5.74, 6) is 0. The van der Waals surface area contributed by atoms with E-state index in [1.807, 2.05) is 43.3 Å². The highest BCUT2D eigenvalue weighted by atomic mass is 16.5. The van der Waals surface area contributed by atoms with Crippen LogP contribution in [0.25, 0.3) is 10.8 Å². The quantitative estimate of drug-likeness (QED) is 0.849. The smallest absolute Gasteiger partial charge is 0.423 e. The molecule has 0 fully saturated rings. The second kappa shape index (κ2) is 5.45. The van der Waals surface area contributed by atoms with Crippen molar-refractivity contribution < 1.29 is 14.8 Å². The van der Waals surface area contributed by atoms with E-state index in [4.69, 9.17) is 4.65 Å². The number of hydrogen-bond acceptors (Lipinski definition) is 3. The molecule has 112 valence electrons. The molecule has 0 aliphatic heterocycles. The van der Waals surface area contributed by atoms with Crippen molar-refractivity contribution in [3.8, 4) is 0 Å². The van der Waals surface area contributed by atoms with Crippen LogP contribution < -0.4 is 5.46 Å². The molecule has 0 atom stereocenters. The predicted octanol–water partition coefficient (Wildman–Crippen LogP) is 2.40. The maximum atomic E-state index is 10.6. The Bertz CT molecular complexity index is 644. The largest absolute Gasteiger partial charge is 0.492 e. The Kier molecular flexibility index (Phi) is 4.16. The molecule has 0 radical (unpaired) electrons. The molecule has 0 spiro atoms. The summed E-state index contributed by atoms with van der Waals surface area (Å²) >= 11 is 0. The third kappa shape index (κ3) is 3.13. The summed E-state index contributed by atoms with van der Waals surface area (Å²) in [5, 5.41) is 22.8. The molecule has 0 bridgehead atoms. The molecule has 0 aliphatic rings. The van der Waals surface area contributed by atoms with E-state index >= 15 is 0 Å². The average molecular weight is 286 g/mol. The first-order valence-corrected chi connectivity index (χ1v) is 7.20. The van der Waals surface area contributed by atoms with Crippen LogP contribution in [0.1, 0.15) is 33.3 Å². The zero-order valence-electron chi connectivity index (χ0n) is 13.3. The molecule has 0 unspecified atom stereocenters. The van der Waals surface area contributed by atoms with Gasteiger partial charge in [-0.1, -0.05) is 42.0 Å². The van der Waals surface area contributed by atoms with Crippen LogP contribution >= 0.6 is 0 Å². The molecule has 2 aromatic carbocycles. The van der Waals surface area contributed by atoms with Crippen LogP contribution in [0.5, 0.6) is 0 Å². The van der Waals surface area contributed by atoms with Crippen molar-refractivity contribution in [1.29, 1.82) is 0 Å². The van der Waals surface area contributed by atoms with Crippen LogP contribution in [-0.4, -0.2) is 28.5 Å². The van der Waals surface area contributed by atoms with Crippen molar-refractivity contribution >= 4 is 23.4 Å². The molecule has 21 heavy (non-hydrogen) atoms. The standard InChI is InChI=1S/C17H23BO3/c1-12-10-11-13-8-6-7-9-14(13)15(12)18(20)21-17(4,5)16(2,3)19/h6-11,19-20H,1-5H3. The summed E-state index contributed by atoms with van der Waals surface area (Å²) in [5.41, 5.74) is -0.222. The number of hydrogen-bond donors (Lipinski definition) is 2. The van der Waals surface area contributed by atoms with Crippen LogP contribution in [0.3, 0.4) is 0 Å². The van der Waals surface area contributed by atoms with Crippen LogP contribution in [-0.2, 0) is 4.65 Å². The van der Waals surface area contributed by atoms with Gasteiger partial charge in [0.05, 0.1) is 11.2 Å². The van der Waals surface area contributed by atoms with Gasteiger partial charge in [0, 0.05) is 0 Å². The third-order valence-corrected chi connectivity index (χ3v) is 4.32. The maximum absolute atomic E-state index is 10.6. The molecule has 0 amide bonds. The SMILES string of the molecule is Cc1ccc2ccccc2c1B(O)OC(C)(C)C(C)(C)O. The number of rotatable bonds is 4. The molecule has 0 saturated heterocycles.